The molecule has 140 valence electrons. The van der Waals surface area contributed by atoms with Gasteiger partial charge < -0.3 is 0 Å². The van der Waals surface area contributed by atoms with Gasteiger partial charge in [0, 0.05) is 12.1 Å². The van der Waals surface area contributed by atoms with E-state index in [1.54, 1.807) is 12.1 Å². The Bertz CT molecular complexity index is 1220. The summed E-state index contributed by atoms with van der Waals surface area (Å²) in [6.45, 7) is 2.21. The molecule has 0 unspecified atom stereocenters. The summed E-state index contributed by atoms with van der Waals surface area (Å²) in [4.78, 5) is 0.302. The predicted octanol–water partition coefficient (Wildman–Crippen LogP) is 5.72. The van der Waals surface area contributed by atoms with Crippen LogP contribution in [0.4, 0.5) is 5.69 Å². The van der Waals surface area contributed by atoms with Crippen molar-refractivity contribution in [1.29, 1.82) is 0 Å². The van der Waals surface area contributed by atoms with Crippen molar-refractivity contribution in [1.82, 2.24) is 0 Å². The number of anilines is 1. The minimum Gasteiger partial charge on any atom is -0.266 e. The Morgan fingerprint density at radius 1 is 0.714 bits per heavy atom. The Morgan fingerprint density at radius 3 is 2.11 bits per heavy atom. The lowest BCUT2D eigenvalue weighted by atomic mass is 10.0. The Balaban J connectivity index is 1.84. The number of benzene rings is 4. The third-order valence-electron chi connectivity index (χ3n) is 4.85. The normalized spacial score (nSPS) is 11.5. The molecule has 28 heavy (non-hydrogen) atoms. The molecule has 0 atom stereocenters. The number of sulfonamides is 1. The van der Waals surface area contributed by atoms with Crippen LogP contribution in [-0.2, 0) is 10.0 Å². The molecule has 0 heterocycles. The van der Waals surface area contributed by atoms with E-state index >= 15 is 0 Å². The van der Waals surface area contributed by atoms with Gasteiger partial charge in [-0.1, -0.05) is 78.9 Å². The Labute approximate surface area is 165 Å². The largest absolute Gasteiger partial charge is 0.266 e. The number of hydrogen-bond acceptors (Lipinski definition) is 2. The van der Waals surface area contributed by atoms with Crippen LogP contribution in [0.3, 0.4) is 0 Å². The van der Waals surface area contributed by atoms with E-state index in [9.17, 15) is 8.42 Å². The first-order valence-electron chi connectivity index (χ1n) is 9.27. The highest BCUT2D eigenvalue weighted by molar-refractivity contribution is 7.92. The molecule has 0 saturated carbocycles. The van der Waals surface area contributed by atoms with Crippen LogP contribution in [0.25, 0.3) is 21.9 Å². The topological polar surface area (TPSA) is 37.4 Å². The molecule has 4 rings (SSSR count). The number of hydrogen-bond donors (Lipinski definition) is 0. The second kappa shape index (κ2) is 7.49. The van der Waals surface area contributed by atoms with E-state index in [-0.39, 0.29) is 0 Å². The summed E-state index contributed by atoms with van der Waals surface area (Å²) >= 11 is 0. The summed E-state index contributed by atoms with van der Waals surface area (Å²) in [5, 5.41) is 1.94. The monoisotopic (exact) mass is 387 g/mol. The van der Waals surface area contributed by atoms with Crippen LogP contribution in [0.2, 0.25) is 0 Å². The molecule has 4 heteroatoms. The van der Waals surface area contributed by atoms with Gasteiger partial charge in [-0.3, -0.25) is 4.31 Å². The van der Waals surface area contributed by atoms with Gasteiger partial charge in [-0.05, 0) is 41.5 Å². The lowest BCUT2D eigenvalue weighted by Gasteiger charge is -2.25. The number of rotatable bonds is 5. The zero-order valence-corrected chi connectivity index (χ0v) is 16.4. The zero-order chi connectivity index (χ0) is 19.6. The van der Waals surface area contributed by atoms with Gasteiger partial charge in [-0.25, -0.2) is 8.42 Å². The first-order chi connectivity index (χ1) is 13.6. The molecule has 0 spiro atoms. The number of nitrogens with zero attached hydrogens (tertiary/aromatic N) is 1. The van der Waals surface area contributed by atoms with Crippen LogP contribution in [0.1, 0.15) is 6.92 Å². The van der Waals surface area contributed by atoms with Gasteiger partial charge >= 0.3 is 0 Å². The van der Waals surface area contributed by atoms with E-state index in [4.69, 9.17) is 0 Å². The van der Waals surface area contributed by atoms with E-state index < -0.39 is 10.0 Å². The van der Waals surface area contributed by atoms with Crippen molar-refractivity contribution in [2.45, 2.75) is 11.8 Å². The standard InChI is InChI=1S/C24H21NO2S/c1-2-25(24-15-9-8-14-23(24)20-11-4-3-5-12-20)28(26,27)22-17-16-19-10-6-7-13-21(19)18-22/h3-18H,2H2,1H3. The highest BCUT2D eigenvalue weighted by Gasteiger charge is 2.25. The number of para-hydroxylation sites is 1. The van der Waals surface area contributed by atoms with Crippen molar-refractivity contribution in [3.8, 4) is 11.1 Å². The molecule has 3 nitrogen and oxygen atoms in total. The maximum atomic E-state index is 13.5. The lowest BCUT2D eigenvalue weighted by Crippen LogP contribution is -2.31. The molecule has 0 amide bonds. The predicted molar refractivity (Wildman–Crippen MR) is 116 cm³/mol. The fraction of sp³-hybridized carbons (Fsp3) is 0.0833. The maximum Gasteiger partial charge on any atom is 0.264 e. The minimum atomic E-state index is -3.69. The fourth-order valence-electron chi connectivity index (χ4n) is 3.48. The molecular weight excluding hydrogens is 366 g/mol. The summed E-state index contributed by atoms with van der Waals surface area (Å²) in [7, 11) is -3.69. The first-order valence-corrected chi connectivity index (χ1v) is 10.7. The van der Waals surface area contributed by atoms with Gasteiger partial charge in [0.15, 0.2) is 0 Å². The van der Waals surface area contributed by atoms with E-state index in [1.165, 1.54) is 4.31 Å². The van der Waals surface area contributed by atoms with E-state index in [0.717, 1.165) is 21.9 Å². The van der Waals surface area contributed by atoms with Crippen molar-refractivity contribution >= 4 is 26.5 Å². The van der Waals surface area contributed by atoms with Crippen molar-refractivity contribution in [3.63, 3.8) is 0 Å². The molecule has 0 aromatic heterocycles. The summed E-state index contributed by atoms with van der Waals surface area (Å²) in [6, 6.07) is 30.6. The molecule has 0 radical (unpaired) electrons. The van der Waals surface area contributed by atoms with Gasteiger partial charge in [0.05, 0.1) is 10.6 Å². The van der Waals surface area contributed by atoms with Crippen LogP contribution >= 0.6 is 0 Å². The molecule has 0 aliphatic heterocycles. The quantitative estimate of drug-likeness (QED) is 0.439. The Kier molecular flexibility index (Phi) is 4.88. The zero-order valence-electron chi connectivity index (χ0n) is 15.6. The molecule has 4 aromatic rings. The van der Waals surface area contributed by atoms with Gasteiger partial charge in [-0.2, -0.15) is 0 Å². The van der Waals surface area contributed by atoms with E-state index in [0.29, 0.717) is 17.1 Å². The van der Waals surface area contributed by atoms with E-state index in [1.807, 2.05) is 91.9 Å². The minimum absolute atomic E-state index is 0.302. The molecule has 0 saturated heterocycles. The van der Waals surface area contributed by atoms with Gasteiger partial charge in [0.25, 0.3) is 10.0 Å². The maximum absolute atomic E-state index is 13.5. The van der Waals surface area contributed by atoms with Crippen LogP contribution in [-0.4, -0.2) is 15.0 Å². The Hall–Kier alpha value is -3.11. The highest BCUT2D eigenvalue weighted by atomic mass is 32.2. The molecule has 0 bridgehead atoms. The van der Waals surface area contributed by atoms with Gasteiger partial charge in [0.1, 0.15) is 0 Å². The molecule has 4 aromatic carbocycles. The smallest absolute Gasteiger partial charge is 0.264 e. The summed E-state index contributed by atoms with van der Waals surface area (Å²) < 4.78 is 28.5. The average Bonchev–Trinajstić information content (AvgIpc) is 2.75. The van der Waals surface area contributed by atoms with Gasteiger partial charge in [-0.15, -0.1) is 0 Å². The summed E-state index contributed by atoms with van der Waals surface area (Å²) in [5.74, 6) is 0. The van der Waals surface area contributed by atoms with Crippen LogP contribution < -0.4 is 4.31 Å². The fourth-order valence-corrected chi connectivity index (χ4v) is 5.01. The van der Waals surface area contributed by atoms with Crippen LogP contribution in [0.5, 0.6) is 0 Å². The molecule has 0 aliphatic carbocycles. The molecule has 0 fully saturated rings. The van der Waals surface area contributed by atoms with Gasteiger partial charge in [0.2, 0.25) is 0 Å². The SMILES string of the molecule is CCN(c1ccccc1-c1ccccc1)S(=O)(=O)c1ccc2ccccc2c1. The first kappa shape index (κ1) is 18.3. The van der Waals surface area contributed by atoms with Crippen molar-refractivity contribution in [2.24, 2.45) is 0 Å². The summed E-state index contributed by atoms with van der Waals surface area (Å²) in [6.07, 6.45) is 0. The molecular formula is C24H21NO2S. The third kappa shape index (κ3) is 3.27. The average molecular weight is 388 g/mol. The lowest BCUT2D eigenvalue weighted by molar-refractivity contribution is 0.592. The molecule has 0 N–H and O–H groups in total. The van der Waals surface area contributed by atoms with Crippen LogP contribution in [0, 0.1) is 0 Å². The van der Waals surface area contributed by atoms with E-state index in [2.05, 4.69) is 0 Å². The number of fused-ring (bicyclic) bond motifs is 1. The second-order valence-electron chi connectivity index (χ2n) is 6.56. The molecule has 0 aliphatic rings. The highest BCUT2D eigenvalue weighted by Crippen LogP contribution is 2.34. The Morgan fingerprint density at radius 2 is 1.36 bits per heavy atom. The van der Waals surface area contributed by atoms with Crippen molar-refractivity contribution in [2.75, 3.05) is 10.8 Å². The third-order valence-corrected chi connectivity index (χ3v) is 6.74. The van der Waals surface area contributed by atoms with Crippen molar-refractivity contribution < 1.29 is 8.42 Å². The summed E-state index contributed by atoms with van der Waals surface area (Å²) in [5.41, 5.74) is 2.57. The second-order valence-corrected chi connectivity index (χ2v) is 8.42. The van der Waals surface area contributed by atoms with Crippen LogP contribution in [0.15, 0.2) is 102 Å². The van der Waals surface area contributed by atoms with Crippen molar-refractivity contribution in [3.05, 3.63) is 97.1 Å².